The second-order valence-electron chi connectivity index (χ2n) is 5.23. The third kappa shape index (κ3) is 2.98. The molecule has 0 saturated heterocycles. The molecule has 22 heavy (non-hydrogen) atoms. The fourth-order valence-corrected chi connectivity index (χ4v) is 2.20. The lowest BCUT2D eigenvalue weighted by atomic mass is 10.1. The molecule has 0 amide bonds. The van der Waals surface area contributed by atoms with E-state index >= 15 is 0 Å². The minimum atomic E-state index is 0.260. The molecule has 0 unspecified atom stereocenters. The number of phenolic OH excluding ortho intramolecular Hbond substituents is 1. The number of nitrogens with zero attached hydrogens (tertiary/aromatic N) is 3. The van der Waals surface area contributed by atoms with Crippen molar-refractivity contribution in [3.05, 3.63) is 63.8 Å². The Labute approximate surface area is 128 Å². The summed E-state index contributed by atoms with van der Waals surface area (Å²) < 4.78 is 0. The predicted molar refractivity (Wildman–Crippen MR) is 83.5 cm³/mol. The standard InChI is InChI=1S/C17H17N3O2/c1-11-3-5-14(8-17(11)21)12(2)20-22-9-13-4-6-15-16(7-13)19-10-18-15/h3-8,21H,9-10H2,1-2H3/b20-12+. The molecular weight excluding hydrogens is 278 g/mol. The van der Waals surface area contributed by atoms with Crippen LogP contribution in [0.15, 0.2) is 51.5 Å². The van der Waals surface area contributed by atoms with Crippen LogP contribution in [-0.4, -0.2) is 17.5 Å². The zero-order valence-electron chi connectivity index (χ0n) is 12.6. The molecule has 1 aliphatic rings. The third-order valence-corrected chi connectivity index (χ3v) is 3.58. The van der Waals surface area contributed by atoms with Gasteiger partial charge in [-0.25, -0.2) is 0 Å². The first-order chi connectivity index (χ1) is 10.6. The molecule has 1 N–H and O–H groups in total. The van der Waals surface area contributed by atoms with E-state index in [1.807, 2.05) is 44.2 Å². The highest BCUT2D eigenvalue weighted by Gasteiger charge is 2.03. The second kappa shape index (κ2) is 5.97. The monoisotopic (exact) mass is 295 g/mol. The van der Waals surface area contributed by atoms with Gasteiger partial charge in [0.15, 0.2) is 0 Å². The topological polar surface area (TPSA) is 66.5 Å². The van der Waals surface area contributed by atoms with Crippen molar-refractivity contribution in [1.29, 1.82) is 0 Å². The van der Waals surface area contributed by atoms with Gasteiger partial charge in [-0.15, -0.1) is 0 Å². The molecule has 0 radical (unpaired) electrons. The van der Waals surface area contributed by atoms with Gasteiger partial charge in [0.05, 0.1) is 16.4 Å². The Balaban J connectivity index is 1.69. The number of phenols is 1. The van der Waals surface area contributed by atoms with Crippen LogP contribution in [0.25, 0.3) is 0 Å². The summed E-state index contributed by atoms with van der Waals surface area (Å²) in [5, 5.41) is 15.7. The molecule has 0 bridgehead atoms. The third-order valence-electron chi connectivity index (χ3n) is 3.58. The molecule has 1 aliphatic heterocycles. The fraction of sp³-hybridized carbons (Fsp3) is 0.235. The van der Waals surface area contributed by atoms with Crippen molar-refractivity contribution < 1.29 is 9.94 Å². The Morgan fingerprint density at radius 2 is 2.00 bits per heavy atom. The zero-order chi connectivity index (χ0) is 15.5. The molecule has 0 atom stereocenters. The van der Waals surface area contributed by atoms with Gasteiger partial charge in [0.1, 0.15) is 19.0 Å². The van der Waals surface area contributed by atoms with Crippen LogP contribution in [0.3, 0.4) is 0 Å². The number of benzene rings is 2. The maximum absolute atomic E-state index is 9.73. The number of hydrogen-bond acceptors (Lipinski definition) is 5. The number of hydrogen-bond donors (Lipinski definition) is 1. The largest absolute Gasteiger partial charge is 0.508 e. The number of aryl methyl sites for hydroxylation is 1. The highest BCUT2D eigenvalue weighted by molar-refractivity contribution is 5.98. The number of fused-ring (bicyclic) bond motifs is 1. The van der Waals surface area contributed by atoms with Crippen molar-refractivity contribution >= 4 is 5.71 Å². The van der Waals surface area contributed by atoms with Crippen LogP contribution in [0, 0.1) is 6.92 Å². The van der Waals surface area contributed by atoms with E-state index in [4.69, 9.17) is 4.84 Å². The summed E-state index contributed by atoms with van der Waals surface area (Å²) in [6.07, 6.45) is 0. The smallest absolute Gasteiger partial charge is 0.142 e. The van der Waals surface area contributed by atoms with Gasteiger partial charge in [0.2, 0.25) is 0 Å². The average Bonchev–Trinajstić information content (AvgIpc) is 2.97. The lowest BCUT2D eigenvalue weighted by molar-refractivity contribution is 0.130. The van der Waals surface area contributed by atoms with Crippen LogP contribution >= 0.6 is 0 Å². The predicted octanol–water partition coefficient (Wildman–Crippen LogP) is 1.85. The molecule has 0 aromatic heterocycles. The number of rotatable bonds is 4. The van der Waals surface area contributed by atoms with E-state index in [0.29, 0.717) is 13.3 Å². The van der Waals surface area contributed by atoms with Crippen molar-refractivity contribution in [2.75, 3.05) is 6.67 Å². The van der Waals surface area contributed by atoms with Crippen molar-refractivity contribution in [1.82, 2.24) is 0 Å². The first-order valence-corrected chi connectivity index (χ1v) is 7.08. The van der Waals surface area contributed by atoms with Gasteiger partial charge in [-0.3, -0.25) is 9.98 Å². The average molecular weight is 295 g/mol. The maximum Gasteiger partial charge on any atom is 0.142 e. The van der Waals surface area contributed by atoms with E-state index in [9.17, 15) is 5.11 Å². The molecule has 3 rings (SSSR count). The molecule has 2 aromatic carbocycles. The summed E-state index contributed by atoms with van der Waals surface area (Å²) >= 11 is 0. The summed E-state index contributed by atoms with van der Waals surface area (Å²) in [5.41, 5.74) is 3.40. The number of oxime groups is 1. The molecular formula is C17H17N3O2. The Bertz CT molecular complexity index is 857. The lowest BCUT2D eigenvalue weighted by Gasteiger charge is -2.05. The van der Waals surface area contributed by atoms with Crippen LogP contribution in [-0.2, 0) is 11.4 Å². The summed E-state index contributed by atoms with van der Waals surface area (Å²) in [7, 11) is 0. The molecule has 5 heteroatoms. The van der Waals surface area contributed by atoms with Crippen LogP contribution in [0.5, 0.6) is 5.75 Å². The zero-order valence-corrected chi connectivity index (χ0v) is 12.6. The van der Waals surface area contributed by atoms with Gasteiger partial charge in [-0.1, -0.05) is 23.4 Å². The van der Waals surface area contributed by atoms with E-state index in [-0.39, 0.29) is 5.75 Å². The van der Waals surface area contributed by atoms with Crippen LogP contribution in [0.1, 0.15) is 23.6 Å². The fourth-order valence-electron chi connectivity index (χ4n) is 2.20. The van der Waals surface area contributed by atoms with E-state index in [1.54, 1.807) is 6.07 Å². The maximum atomic E-state index is 9.73. The molecule has 1 heterocycles. The Kier molecular flexibility index (Phi) is 3.87. The van der Waals surface area contributed by atoms with Crippen molar-refractivity contribution in [2.24, 2.45) is 15.1 Å². The summed E-state index contributed by atoms with van der Waals surface area (Å²) in [4.78, 5) is 13.9. The van der Waals surface area contributed by atoms with Crippen molar-refractivity contribution in [2.45, 2.75) is 20.5 Å². The molecule has 0 fully saturated rings. The summed E-state index contributed by atoms with van der Waals surface area (Å²) in [6, 6.07) is 11.3. The van der Waals surface area contributed by atoms with Crippen LogP contribution < -0.4 is 10.7 Å². The quantitative estimate of drug-likeness (QED) is 0.691. The Morgan fingerprint density at radius 3 is 2.82 bits per heavy atom. The van der Waals surface area contributed by atoms with Gasteiger partial charge in [0, 0.05) is 5.56 Å². The normalized spacial score (nSPS) is 13.3. The first kappa shape index (κ1) is 14.3. The van der Waals surface area contributed by atoms with Crippen LogP contribution in [0.2, 0.25) is 0 Å². The van der Waals surface area contributed by atoms with E-state index in [2.05, 4.69) is 15.1 Å². The highest BCUT2D eigenvalue weighted by atomic mass is 16.6. The van der Waals surface area contributed by atoms with Crippen molar-refractivity contribution in [3.63, 3.8) is 0 Å². The Morgan fingerprint density at radius 1 is 1.18 bits per heavy atom. The van der Waals surface area contributed by atoms with Gasteiger partial charge in [-0.05, 0) is 43.2 Å². The van der Waals surface area contributed by atoms with E-state index in [0.717, 1.165) is 33.1 Å². The van der Waals surface area contributed by atoms with Crippen molar-refractivity contribution in [3.8, 4) is 5.75 Å². The second-order valence-corrected chi connectivity index (χ2v) is 5.23. The summed E-state index contributed by atoms with van der Waals surface area (Å²) in [6.45, 7) is 4.58. The van der Waals surface area contributed by atoms with Gasteiger partial charge >= 0.3 is 0 Å². The van der Waals surface area contributed by atoms with E-state index in [1.165, 1.54) is 0 Å². The van der Waals surface area contributed by atoms with E-state index < -0.39 is 0 Å². The first-order valence-electron chi connectivity index (χ1n) is 7.08. The molecule has 112 valence electrons. The lowest BCUT2D eigenvalue weighted by Crippen LogP contribution is -2.21. The summed E-state index contributed by atoms with van der Waals surface area (Å²) in [5.74, 6) is 0.260. The molecule has 5 nitrogen and oxygen atoms in total. The Hall–Kier alpha value is -2.69. The molecule has 2 aromatic rings. The number of aromatic hydroxyl groups is 1. The molecule has 0 aliphatic carbocycles. The minimum absolute atomic E-state index is 0.260. The van der Waals surface area contributed by atoms with Crippen LogP contribution in [0.4, 0.5) is 0 Å². The van der Waals surface area contributed by atoms with Gasteiger partial charge in [-0.2, -0.15) is 0 Å². The molecule has 0 saturated carbocycles. The minimum Gasteiger partial charge on any atom is -0.508 e. The van der Waals surface area contributed by atoms with Gasteiger partial charge in [0.25, 0.3) is 0 Å². The van der Waals surface area contributed by atoms with Gasteiger partial charge < -0.3 is 9.94 Å². The molecule has 0 spiro atoms. The SMILES string of the molecule is C/C(=N\OCc1ccc2c(c1)=NCN=2)c1ccc(C)c(O)c1. The highest BCUT2D eigenvalue weighted by Crippen LogP contribution is 2.18.